The van der Waals surface area contributed by atoms with Gasteiger partial charge in [-0.05, 0) is 79.7 Å². The van der Waals surface area contributed by atoms with E-state index in [4.69, 9.17) is 33.3 Å². The third-order valence-electron chi connectivity index (χ3n) is 4.57. The third-order valence-corrected chi connectivity index (χ3v) is 5.14. The fourth-order valence-corrected chi connectivity index (χ4v) is 3.22. The number of methoxy groups -OCH3 is 1. The van der Waals surface area contributed by atoms with Gasteiger partial charge in [0, 0.05) is 11.3 Å². The lowest BCUT2D eigenvalue weighted by atomic mass is 10.0. The Morgan fingerprint density at radius 2 is 1.96 bits per heavy atom. The Hall–Kier alpha value is -1.78. The number of halogens is 1. The van der Waals surface area contributed by atoms with Crippen LogP contribution in [0.3, 0.4) is 0 Å². The molecule has 2 aromatic carbocycles. The van der Waals surface area contributed by atoms with Gasteiger partial charge in [-0.3, -0.25) is 0 Å². The smallest absolute Gasteiger partial charge is 0.260 e. The molecule has 0 amide bonds. The van der Waals surface area contributed by atoms with Crippen LogP contribution in [-0.4, -0.2) is 12.3 Å². The minimum Gasteiger partial charge on any atom is -0.487 e. The predicted octanol–water partition coefficient (Wildman–Crippen LogP) is 5.76. The van der Waals surface area contributed by atoms with Crippen LogP contribution in [0.1, 0.15) is 41.0 Å². The molecule has 0 aromatic heterocycles. The van der Waals surface area contributed by atoms with E-state index in [9.17, 15) is 0 Å². The van der Waals surface area contributed by atoms with Crippen molar-refractivity contribution in [2.75, 3.05) is 12.4 Å². The maximum absolute atomic E-state index is 6.35. The number of anilines is 1. The largest absolute Gasteiger partial charge is 0.487 e. The minimum absolute atomic E-state index is 0.346. The highest BCUT2D eigenvalue weighted by Gasteiger charge is 2.27. The van der Waals surface area contributed by atoms with E-state index in [1.165, 1.54) is 18.4 Å². The lowest BCUT2D eigenvalue weighted by molar-refractivity contribution is 0.305. The van der Waals surface area contributed by atoms with Gasteiger partial charge in [0.25, 0.3) is 5.17 Å². The zero-order valence-corrected chi connectivity index (χ0v) is 16.3. The summed E-state index contributed by atoms with van der Waals surface area (Å²) in [5.74, 6) is 1.31. The Morgan fingerprint density at radius 1 is 1.24 bits per heavy atom. The second-order valence-corrected chi connectivity index (χ2v) is 7.20. The molecular weight excluding hydrogens is 354 g/mol. The summed E-state index contributed by atoms with van der Waals surface area (Å²) >= 11 is 11.5. The van der Waals surface area contributed by atoms with E-state index in [-0.39, 0.29) is 0 Å². The Bertz CT molecular complexity index is 803. The van der Waals surface area contributed by atoms with Gasteiger partial charge in [-0.2, -0.15) is 0 Å². The van der Waals surface area contributed by atoms with Gasteiger partial charge >= 0.3 is 0 Å². The van der Waals surface area contributed by atoms with Gasteiger partial charge in [0.2, 0.25) is 0 Å². The molecule has 0 radical (unpaired) electrons. The first-order valence-corrected chi connectivity index (χ1v) is 9.14. The SMILES string of the molecule is COC(=S)Nc1cccc(C2CC2)c1COc1cc(C)c(C)cc1Cl. The molecule has 0 heterocycles. The summed E-state index contributed by atoms with van der Waals surface area (Å²) in [6.07, 6.45) is 2.44. The summed E-state index contributed by atoms with van der Waals surface area (Å²) < 4.78 is 11.2. The number of benzene rings is 2. The van der Waals surface area contributed by atoms with E-state index in [1.54, 1.807) is 7.11 Å². The average molecular weight is 376 g/mol. The van der Waals surface area contributed by atoms with Gasteiger partial charge in [0.05, 0.1) is 12.1 Å². The van der Waals surface area contributed by atoms with Crippen molar-refractivity contribution >= 4 is 34.7 Å². The quantitative estimate of drug-likeness (QED) is 0.673. The maximum Gasteiger partial charge on any atom is 0.260 e. The highest BCUT2D eigenvalue weighted by Crippen LogP contribution is 2.43. The fraction of sp³-hybridized carbons (Fsp3) is 0.350. The number of hydrogen-bond donors (Lipinski definition) is 1. The summed E-state index contributed by atoms with van der Waals surface area (Å²) in [5, 5.41) is 4.13. The van der Waals surface area contributed by atoms with Gasteiger partial charge < -0.3 is 14.8 Å². The fourth-order valence-electron chi connectivity index (χ4n) is 2.84. The second-order valence-electron chi connectivity index (χ2n) is 6.42. The van der Waals surface area contributed by atoms with Crippen LogP contribution in [0.25, 0.3) is 0 Å². The molecule has 1 aliphatic rings. The Labute approximate surface area is 159 Å². The molecule has 25 heavy (non-hydrogen) atoms. The molecule has 0 saturated heterocycles. The minimum atomic E-state index is 0.346. The molecule has 3 rings (SSSR count). The number of ether oxygens (including phenoxy) is 2. The molecule has 2 aromatic rings. The second kappa shape index (κ2) is 7.63. The molecule has 0 bridgehead atoms. The van der Waals surface area contributed by atoms with Gasteiger partial charge in [-0.15, -0.1) is 0 Å². The lowest BCUT2D eigenvalue weighted by Crippen LogP contribution is -2.14. The molecule has 132 valence electrons. The summed E-state index contributed by atoms with van der Waals surface area (Å²) in [6.45, 7) is 4.53. The third kappa shape index (κ3) is 4.25. The summed E-state index contributed by atoms with van der Waals surface area (Å²) in [4.78, 5) is 0. The zero-order valence-electron chi connectivity index (χ0n) is 14.7. The predicted molar refractivity (Wildman–Crippen MR) is 107 cm³/mol. The van der Waals surface area contributed by atoms with Crippen LogP contribution in [0.4, 0.5) is 5.69 Å². The average Bonchev–Trinajstić information content (AvgIpc) is 3.42. The van der Waals surface area contributed by atoms with Crippen molar-refractivity contribution in [2.24, 2.45) is 0 Å². The van der Waals surface area contributed by atoms with E-state index in [2.05, 4.69) is 18.3 Å². The van der Waals surface area contributed by atoms with Crippen LogP contribution in [0, 0.1) is 13.8 Å². The van der Waals surface area contributed by atoms with Gasteiger partial charge in [0.15, 0.2) is 0 Å². The standard InChI is InChI=1S/C20H22ClNO2S/c1-12-9-17(21)19(10-13(12)2)24-11-16-15(14-7-8-14)5-4-6-18(16)22-20(25)23-3/h4-6,9-10,14H,7-8,11H2,1-3H3,(H,22,25). The van der Waals surface area contributed by atoms with Crippen molar-refractivity contribution in [3.8, 4) is 5.75 Å². The molecule has 0 unspecified atom stereocenters. The zero-order chi connectivity index (χ0) is 18.0. The molecule has 5 heteroatoms. The molecule has 0 atom stereocenters. The van der Waals surface area contributed by atoms with Crippen molar-refractivity contribution in [3.05, 3.63) is 57.6 Å². The summed E-state index contributed by atoms with van der Waals surface area (Å²) in [5.41, 5.74) is 5.66. The number of aryl methyl sites for hydroxylation is 2. The van der Waals surface area contributed by atoms with Crippen LogP contribution in [0.15, 0.2) is 30.3 Å². The molecule has 1 saturated carbocycles. The van der Waals surface area contributed by atoms with Gasteiger partial charge in [0.1, 0.15) is 12.4 Å². The lowest BCUT2D eigenvalue weighted by Gasteiger charge is -2.18. The van der Waals surface area contributed by atoms with Crippen LogP contribution >= 0.6 is 23.8 Å². The number of nitrogens with one attached hydrogen (secondary N) is 1. The topological polar surface area (TPSA) is 30.5 Å². The first kappa shape index (κ1) is 18.0. The van der Waals surface area contributed by atoms with Crippen molar-refractivity contribution < 1.29 is 9.47 Å². The molecule has 1 fully saturated rings. The molecule has 1 N–H and O–H groups in total. The van der Waals surface area contributed by atoms with Crippen LogP contribution in [-0.2, 0) is 11.3 Å². The van der Waals surface area contributed by atoms with E-state index in [0.717, 1.165) is 22.4 Å². The molecule has 0 spiro atoms. The molecule has 1 aliphatic carbocycles. The van der Waals surface area contributed by atoms with Crippen LogP contribution in [0.5, 0.6) is 5.75 Å². The number of hydrogen-bond acceptors (Lipinski definition) is 3. The van der Waals surface area contributed by atoms with Crippen molar-refractivity contribution in [2.45, 2.75) is 39.2 Å². The molecular formula is C20H22ClNO2S. The van der Waals surface area contributed by atoms with Crippen molar-refractivity contribution in [1.29, 1.82) is 0 Å². The highest BCUT2D eigenvalue weighted by atomic mass is 35.5. The van der Waals surface area contributed by atoms with Gasteiger partial charge in [-0.25, -0.2) is 0 Å². The number of thiocarbonyl (C=S) groups is 1. The first-order chi connectivity index (χ1) is 12.0. The maximum atomic E-state index is 6.35. The van der Waals surface area contributed by atoms with E-state index in [0.29, 0.717) is 28.5 Å². The van der Waals surface area contributed by atoms with Crippen molar-refractivity contribution in [3.63, 3.8) is 0 Å². The molecule has 3 nitrogen and oxygen atoms in total. The van der Waals surface area contributed by atoms with E-state index >= 15 is 0 Å². The van der Waals surface area contributed by atoms with Crippen LogP contribution in [0.2, 0.25) is 5.02 Å². The summed E-state index contributed by atoms with van der Waals surface area (Å²) in [6, 6.07) is 10.1. The Morgan fingerprint density at radius 3 is 2.64 bits per heavy atom. The molecule has 0 aliphatic heterocycles. The summed E-state index contributed by atoms with van der Waals surface area (Å²) in [7, 11) is 1.56. The van der Waals surface area contributed by atoms with E-state index < -0.39 is 0 Å². The first-order valence-electron chi connectivity index (χ1n) is 8.36. The van der Waals surface area contributed by atoms with Crippen molar-refractivity contribution in [1.82, 2.24) is 0 Å². The number of rotatable bonds is 5. The van der Waals surface area contributed by atoms with E-state index in [1.807, 2.05) is 31.2 Å². The highest BCUT2D eigenvalue weighted by molar-refractivity contribution is 7.80. The normalized spacial score (nSPS) is 13.4. The van der Waals surface area contributed by atoms with Gasteiger partial charge in [-0.1, -0.05) is 23.7 Å². The Kier molecular flexibility index (Phi) is 5.50. The van der Waals surface area contributed by atoms with Crippen LogP contribution < -0.4 is 10.1 Å². The Balaban J connectivity index is 1.88. The monoisotopic (exact) mass is 375 g/mol.